The van der Waals surface area contributed by atoms with Crippen molar-refractivity contribution in [3.8, 4) is 0 Å². The summed E-state index contributed by atoms with van der Waals surface area (Å²) in [6.07, 6.45) is 2.43. The van der Waals surface area contributed by atoms with Crippen LogP contribution < -0.4 is 5.32 Å². The van der Waals surface area contributed by atoms with Crippen LogP contribution in [0.4, 0.5) is 0 Å². The first-order valence-electron chi connectivity index (χ1n) is 7.55. The number of ketones is 1. The maximum atomic E-state index is 12.3. The fraction of sp³-hybridized carbons (Fsp3) is 0.562. The van der Waals surface area contributed by atoms with Crippen LogP contribution in [-0.2, 0) is 11.2 Å². The first-order chi connectivity index (χ1) is 10.4. The Kier molecular flexibility index (Phi) is 4.68. The van der Waals surface area contributed by atoms with Gasteiger partial charge in [0.1, 0.15) is 11.8 Å². The molecule has 1 aromatic heterocycles. The zero-order chi connectivity index (χ0) is 16.4. The van der Waals surface area contributed by atoms with Gasteiger partial charge in [-0.15, -0.1) is 0 Å². The number of nitrogens with one attached hydrogen (secondary N) is 1. The number of hydrogen-bond donors (Lipinski definition) is 2. The van der Waals surface area contributed by atoms with Gasteiger partial charge >= 0.3 is 5.97 Å². The maximum Gasteiger partial charge on any atom is 0.326 e. The van der Waals surface area contributed by atoms with E-state index in [9.17, 15) is 19.5 Å². The molecule has 0 unspecified atom stereocenters. The van der Waals surface area contributed by atoms with Crippen LogP contribution in [0.1, 0.15) is 65.3 Å². The molecule has 2 N–H and O–H groups in total. The minimum atomic E-state index is -1.08. The molecule has 0 aromatic carbocycles. The normalized spacial score (nSPS) is 16.8. The monoisotopic (exact) mass is 307 g/mol. The van der Waals surface area contributed by atoms with E-state index < -0.39 is 17.9 Å². The standard InChI is InChI=1S/C16H21NO5/c1-4-8(2)13(16(20)21)17-15(19)14-9(3)12-10(18)6-5-7-11(12)22-14/h8,13H,4-7H2,1-3H3,(H,17,19)(H,20,21)/t8-,13-/m0/s1. The van der Waals surface area contributed by atoms with Crippen molar-refractivity contribution in [2.45, 2.75) is 52.5 Å². The summed E-state index contributed by atoms with van der Waals surface area (Å²) in [5.74, 6) is -1.28. The van der Waals surface area contributed by atoms with Crippen molar-refractivity contribution in [1.82, 2.24) is 5.32 Å². The Morgan fingerprint density at radius 1 is 1.36 bits per heavy atom. The Morgan fingerprint density at radius 3 is 2.59 bits per heavy atom. The Morgan fingerprint density at radius 2 is 2.05 bits per heavy atom. The number of carboxylic acid groups (broad SMARTS) is 1. The van der Waals surface area contributed by atoms with Gasteiger partial charge in [-0.3, -0.25) is 9.59 Å². The number of aliphatic carboxylic acids is 1. The molecule has 2 rings (SSSR count). The summed E-state index contributed by atoms with van der Waals surface area (Å²) in [7, 11) is 0. The molecule has 0 saturated heterocycles. The first kappa shape index (κ1) is 16.3. The molecule has 0 aliphatic heterocycles. The third-order valence-corrected chi connectivity index (χ3v) is 4.28. The average molecular weight is 307 g/mol. The van der Waals surface area contributed by atoms with Crippen LogP contribution >= 0.6 is 0 Å². The molecular formula is C16H21NO5. The third-order valence-electron chi connectivity index (χ3n) is 4.28. The lowest BCUT2D eigenvalue weighted by molar-refractivity contribution is -0.140. The van der Waals surface area contributed by atoms with Gasteiger partial charge < -0.3 is 14.8 Å². The highest BCUT2D eigenvalue weighted by Crippen LogP contribution is 2.29. The van der Waals surface area contributed by atoms with E-state index in [2.05, 4.69) is 5.32 Å². The second kappa shape index (κ2) is 6.34. The first-order valence-corrected chi connectivity index (χ1v) is 7.55. The topological polar surface area (TPSA) is 96.6 Å². The summed E-state index contributed by atoms with van der Waals surface area (Å²) >= 11 is 0. The van der Waals surface area contributed by atoms with Crippen LogP contribution in [0.25, 0.3) is 0 Å². The molecule has 0 fully saturated rings. The SMILES string of the molecule is CC[C@H](C)[C@H](NC(=O)c1oc2c(c1C)C(=O)CCC2)C(=O)O. The minimum Gasteiger partial charge on any atom is -0.480 e. The zero-order valence-electron chi connectivity index (χ0n) is 13.1. The lowest BCUT2D eigenvalue weighted by atomic mass is 9.94. The Hall–Kier alpha value is -2.11. The van der Waals surface area contributed by atoms with Crippen molar-refractivity contribution in [2.75, 3.05) is 0 Å². The minimum absolute atomic E-state index is 0.0155. The van der Waals surface area contributed by atoms with E-state index in [1.807, 2.05) is 6.92 Å². The Bertz CT molecular complexity index is 616. The second-order valence-corrected chi connectivity index (χ2v) is 5.81. The van der Waals surface area contributed by atoms with Crippen molar-refractivity contribution < 1.29 is 23.9 Å². The van der Waals surface area contributed by atoms with Crippen LogP contribution in [0.5, 0.6) is 0 Å². The van der Waals surface area contributed by atoms with Gasteiger partial charge in [-0.05, 0) is 19.3 Å². The van der Waals surface area contributed by atoms with Crippen molar-refractivity contribution in [2.24, 2.45) is 5.92 Å². The number of furan rings is 1. The van der Waals surface area contributed by atoms with Crippen LogP contribution in [0.3, 0.4) is 0 Å². The third kappa shape index (κ3) is 2.91. The largest absolute Gasteiger partial charge is 0.480 e. The summed E-state index contributed by atoms with van der Waals surface area (Å²) in [4.78, 5) is 35.6. The van der Waals surface area contributed by atoms with Crippen LogP contribution in [0.2, 0.25) is 0 Å². The van der Waals surface area contributed by atoms with Crippen molar-refractivity contribution in [1.29, 1.82) is 0 Å². The smallest absolute Gasteiger partial charge is 0.326 e. The molecular weight excluding hydrogens is 286 g/mol. The molecule has 0 spiro atoms. The molecule has 0 saturated carbocycles. The molecule has 1 aromatic rings. The number of carbonyl (C=O) groups excluding carboxylic acids is 2. The number of fused-ring (bicyclic) bond motifs is 1. The van der Waals surface area contributed by atoms with E-state index in [0.29, 0.717) is 42.6 Å². The molecule has 6 nitrogen and oxygen atoms in total. The number of rotatable bonds is 5. The summed E-state index contributed by atoms with van der Waals surface area (Å²) in [6, 6.07) is -0.977. The molecule has 0 bridgehead atoms. The molecule has 1 aliphatic rings. The van der Waals surface area contributed by atoms with E-state index in [4.69, 9.17) is 4.42 Å². The van der Waals surface area contributed by atoms with Crippen molar-refractivity contribution in [3.63, 3.8) is 0 Å². The van der Waals surface area contributed by atoms with Gasteiger partial charge in [0, 0.05) is 18.4 Å². The number of carboxylic acids is 1. The highest BCUT2D eigenvalue weighted by atomic mass is 16.4. The van der Waals surface area contributed by atoms with Gasteiger partial charge in [0.25, 0.3) is 5.91 Å². The summed E-state index contributed by atoms with van der Waals surface area (Å²) < 4.78 is 5.54. The van der Waals surface area contributed by atoms with Crippen LogP contribution in [-0.4, -0.2) is 28.8 Å². The Labute approximate surface area is 128 Å². The molecule has 120 valence electrons. The van der Waals surface area contributed by atoms with E-state index in [1.165, 1.54) is 0 Å². The van der Waals surface area contributed by atoms with Gasteiger partial charge in [0.2, 0.25) is 0 Å². The summed E-state index contributed by atoms with van der Waals surface area (Å²) in [5.41, 5.74) is 0.998. The summed E-state index contributed by atoms with van der Waals surface area (Å²) in [5, 5.41) is 11.7. The van der Waals surface area contributed by atoms with Crippen molar-refractivity contribution in [3.05, 3.63) is 22.6 Å². The van der Waals surface area contributed by atoms with E-state index in [-0.39, 0.29) is 17.5 Å². The van der Waals surface area contributed by atoms with E-state index in [1.54, 1.807) is 13.8 Å². The molecule has 1 amide bonds. The van der Waals surface area contributed by atoms with Crippen LogP contribution in [0.15, 0.2) is 4.42 Å². The van der Waals surface area contributed by atoms with Gasteiger partial charge in [0.05, 0.1) is 5.56 Å². The van der Waals surface area contributed by atoms with Gasteiger partial charge in [-0.2, -0.15) is 0 Å². The van der Waals surface area contributed by atoms with E-state index >= 15 is 0 Å². The fourth-order valence-electron chi connectivity index (χ4n) is 2.76. The lowest BCUT2D eigenvalue weighted by Gasteiger charge is -2.19. The number of amides is 1. The molecule has 1 heterocycles. The highest BCUT2D eigenvalue weighted by molar-refractivity contribution is 6.04. The zero-order valence-corrected chi connectivity index (χ0v) is 13.1. The molecule has 0 radical (unpaired) electrons. The average Bonchev–Trinajstić information content (AvgIpc) is 2.82. The Balaban J connectivity index is 2.27. The number of aryl methyl sites for hydroxylation is 1. The van der Waals surface area contributed by atoms with Crippen LogP contribution in [0, 0.1) is 12.8 Å². The second-order valence-electron chi connectivity index (χ2n) is 5.81. The number of carbonyl (C=O) groups is 3. The van der Waals surface area contributed by atoms with Gasteiger partial charge in [0.15, 0.2) is 11.5 Å². The molecule has 1 aliphatic carbocycles. The van der Waals surface area contributed by atoms with Gasteiger partial charge in [-0.1, -0.05) is 20.3 Å². The van der Waals surface area contributed by atoms with Crippen molar-refractivity contribution >= 4 is 17.7 Å². The fourth-order valence-corrected chi connectivity index (χ4v) is 2.76. The maximum absolute atomic E-state index is 12.3. The number of Topliss-reactive ketones (excluding diaryl/α,β-unsaturated/α-hetero) is 1. The predicted molar refractivity (Wildman–Crippen MR) is 79.1 cm³/mol. The van der Waals surface area contributed by atoms with Gasteiger partial charge in [-0.25, -0.2) is 4.79 Å². The predicted octanol–water partition coefficient (Wildman–Crippen LogP) is 2.34. The molecule has 22 heavy (non-hydrogen) atoms. The van der Waals surface area contributed by atoms with E-state index in [0.717, 1.165) is 0 Å². The summed E-state index contributed by atoms with van der Waals surface area (Å²) in [6.45, 7) is 5.30. The number of hydrogen-bond acceptors (Lipinski definition) is 4. The molecule has 2 atom stereocenters. The molecule has 6 heteroatoms. The lowest BCUT2D eigenvalue weighted by Crippen LogP contribution is -2.45. The highest BCUT2D eigenvalue weighted by Gasteiger charge is 2.31. The quantitative estimate of drug-likeness (QED) is 0.870.